The maximum atomic E-state index is 12.1. The number of allylic oxidation sites excluding steroid dienone is 2. The number of carbonyl (C=O) groups excluding carboxylic acids is 1. The second-order valence-corrected chi connectivity index (χ2v) is 5.94. The number of nitrogens with one attached hydrogen (secondary N) is 1. The number of nitro benzene ring substituents is 1. The lowest BCUT2D eigenvalue weighted by molar-refractivity contribution is -0.384. The molecule has 1 unspecified atom stereocenters. The summed E-state index contributed by atoms with van der Waals surface area (Å²) in [5.74, 6) is 0.950. The molecule has 0 aliphatic heterocycles. The van der Waals surface area contributed by atoms with E-state index in [0.717, 1.165) is 22.7 Å². The number of nitrogens with zero attached hydrogens (tertiary/aromatic N) is 1. The van der Waals surface area contributed by atoms with Crippen molar-refractivity contribution in [1.82, 2.24) is 0 Å². The van der Waals surface area contributed by atoms with Crippen LogP contribution >= 0.6 is 0 Å². The molecular formula is C19H18N2O4. The van der Waals surface area contributed by atoms with Gasteiger partial charge in [0.1, 0.15) is 5.75 Å². The molecule has 2 aromatic rings. The zero-order valence-corrected chi connectivity index (χ0v) is 13.8. The molecule has 1 atom stereocenters. The molecule has 25 heavy (non-hydrogen) atoms. The van der Waals surface area contributed by atoms with Crippen LogP contribution in [0.1, 0.15) is 24.3 Å². The molecule has 0 aromatic heterocycles. The summed E-state index contributed by atoms with van der Waals surface area (Å²) in [6, 6.07) is 13.9. The highest BCUT2D eigenvalue weighted by atomic mass is 16.6. The average Bonchev–Trinajstić information content (AvgIpc) is 2.62. The van der Waals surface area contributed by atoms with E-state index >= 15 is 0 Å². The van der Waals surface area contributed by atoms with Crippen LogP contribution < -0.4 is 10.1 Å². The van der Waals surface area contributed by atoms with Crippen molar-refractivity contribution in [2.45, 2.75) is 18.8 Å². The molecular weight excluding hydrogens is 320 g/mol. The molecule has 3 rings (SSSR count). The Morgan fingerprint density at radius 3 is 2.36 bits per heavy atom. The molecule has 1 aliphatic carbocycles. The maximum Gasteiger partial charge on any atom is 0.269 e. The van der Waals surface area contributed by atoms with Gasteiger partial charge in [0.15, 0.2) is 5.78 Å². The Bertz CT molecular complexity index is 810. The minimum Gasteiger partial charge on any atom is -0.497 e. The van der Waals surface area contributed by atoms with Crippen molar-refractivity contribution in [3.8, 4) is 5.75 Å². The fourth-order valence-corrected chi connectivity index (χ4v) is 2.94. The van der Waals surface area contributed by atoms with E-state index in [1.165, 1.54) is 12.1 Å². The van der Waals surface area contributed by atoms with Crippen molar-refractivity contribution in [1.29, 1.82) is 0 Å². The van der Waals surface area contributed by atoms with Crippen LogP contribution in [0.5, 0.6) is 5.75 Å². The Hall–Kier alpha value is -3.15. The van der Waals surface area contributed by atoms with Crippen molar-refractivity contribution >= 4 is 17.2 Å². The van der Waals surface area contributed by atoms with Crippen LogP contribution in [0, 0.1) is 10.1 Å². The van der Waals surface area contributed by atoms with Crippen molar-refractivity contribution in [2.24, 2.45) is 0 Å². The van der Waals surface area contributed by atoms with E-state index < -0.39 is 4.92 Å². The van der Waals surface area contributed by atoms with Gasteiger partial charge in [-0.1, -0.05) is 12.1 Å². The summed E-state index contributed by atoms with van der Waals surface area (Å²) < 4.78 is 5.17. The van der Waals surface area contributed by atoms with Gasteiger partial charge in [-0.2, -0.15) is 0 Å². The maximum absolute atomic E-state index is 12.1. The Balaban J connectivity index is 1.73. The number of ketones is 1. The first-order chi connectivity index (χ1) is 12.0. The van der Waals surface area contributed by atoms with Gasteiger partial charge in [-0.05, 0) is 42.2 Å². The molecule has 1 aliphatic rings. The standard InChI is InChI=1S/C19H18N2O4/c1-25-19-8-2-13(3-9-19)14-10-16(12-18(22)11-14)20-15-4-6-17(7-5-15)21(23)24/h2-9,12,14,20H,10-11H2,1H3. The Morgan fingerprint density at radius 1 is 1.08 bits per heavy atom. The first-order valence-corrected chi connectivity index (χ1v) is 7.94. The second-order valence-electron chi connectivity index (χ2n) is 5.94. The van der Waals surface area contributed by atoms with Gasteiger partial charge < -0.3 is 10.1 Å². The Morgan fingerprint density at radius 2 is 1.76 bits per heavy atom. The van der Waals surface area contributed by atoms with Crippen molar-refractivity contribution in [3.05, 3.63) is 76.0 Å². The van der Waals surface area contributed by atoms with Crippen LogP contribution in [-0.4, -0.2) is 17.8 Å². The zero-order valence-electron chi connectivity index (χ0n) is 13.8. The number of rotatable bonds is 5. The average molecular weight is 338 g/mol. The predicted molar refractivity (Wildman–Crippen MR) is 94.8 cm³/mol. The SMILES string of the molecule is COc1ccc(C2CC(=O)C=C(Nc3ccc([N+](=O)[O-])cc3)C2)cc1. The third-order valence-corrected chi connectivity index (χ3v) is 4.22. The van der Waals surface area contributed by atoms with Crippen molar-refractivity contribution in [2.75, 3.05) is 12.4 Å². The fourth-order valence-electron chi connectivity index (χ4n) is 2.94. The first kappa shape index (κ1) is 16.7. The largest absolute Gasteiger partial charge is 0.497 e. The number of non-ortho nitro benzene ring substituents is 1. The normalized spacial score (nSPS) is 16.9. The van der Waals surface area contributed by atoms with E-state index in [-0.39, 0.29) is 17.4 Å². The van der Waals surface area contributed by atoms with E-state index in [1.807, 2.05) is 24.3 Å². The number of anilines is 1. The number of hydrogen-bond donors (Lipinski definition) is 1. The molecule has 2 aromatic carbocycles. The van der Waals surface area contributed by atoms with Crippen molar-refractivity contribution in [3.63, 3.8) is 0 Å². The van der Waals surface area contributed by atoms with Crippen LogP contribution in [0.15, 0.2) is 60.3 Å². The third kappa shape index (κ3) is 4.03. The molecule has 0 bridgehead atoms. The molecule has 6 heteroatoms. The molecule has 0 fully saturated rings. The van der Waals surface area contributed by atoms with E-state index in [2.05, 4.69) is 5.32 Å². The van der Waals surface area contributed by atoms with Crippen molar-refractivity contribution < 1.29 is 14.5 Å². The summed E-state index contributed by atoms with van der Waals surface area (Å²) in [5.41, 5.74) is 2.66. The Kier molecular flexibility index (Phi) is 4.79. The summed E-state index contributed by atoms with van der Waals surface area (Å²) >= 11 is 0. The highest BCUT2D eigenvalue weighted by molar-refractivity contribution is 5.92. The van der Waals surface area contributed by atoms with E-state index in [0.29, 0.717) is 12.8 Å². The van der Waals surface area contributed by atoms with Gasteiger partial charge in [-0.15, -0.1) is 0 Å². The lowest BCUT2D eigenvalue weighted by Gasteiger charge is -2.23. The third-order valence-electron chi connectivity index (χ3n) is 4.22. The number of nitro groups is 1. The van der Waals surface area contributed by atoms with Crippen LogP contribution in [-0.2, 0) is 4.79 Å². The quantitative estimate of drug-likeness (QED) is 0.657. The van der Waals surface area contributed by atoms with Gasteiger partial charge in [-0.25, -0.2) is 0 Å². The molecule has 128 valence electrons. The molecule has 0 saturated heterocycles. The van der Waals surface area contributed by atoms with Crippen LogP contribution in [0.25, 0.3) is 0 Å². The van der Waals surface area contributed by atoms with Gasteiger partial charge in [0.05, 0.1) is 12.0 Å². The predicted octanol–water partition coefficient (Wildman–Crippen LogP) is 4.05. The Labute approximate surface area is 145 Å². The van der Waals surface area contributed by atoms with E-state index in [1.54, 1.807) is 25.3 Å². The zero-order chi connectivity index (χ0) is 17.8. The van der Waals surface area contributed by atoms with Gasteiger partial charge in [0.2, 0.25) is 0 Å². The molecule has 0 amide bonds. The topological polar surface area (TPSA) is 81.5 Å². The number of benzene rings is 2. The highest BCUT2D eigenvalue weighted by Gasteiger charge is 2.22. The summed E-state index contributed by atoms with van der Waals surface area (Å²) in [7, 11) is 1.62. The lowest BCUT2D eigenvalue weighted by Crippen LogP contribution is -2.16. The molecule has 0 spiro atoms. The van der Waals surface area contributed by atoms with Gasteiger partial charge in [-0.3, -0.25) is 14.9 Å². The van der Waals surface area contributed by atoms with Gasteiger partial charge in [0, 0.05) is 36.0 Å². The monoisotopic (exact) mass is 338 g/mol. The lowest BCUT2D eigenvalue weighted by atomic mass is 9.85. The number of ether oxygens (including phenoxy) is 1. The minimum absolute atomic E-state index is 0.0374. The summed E-state index contributed by atoms with van der Waals surface area (Å²) in [4.78, 5) is 22.4. The fraction of sp³-hybridized carbons (Fsp3) is 0.211. The second kappa shape index (κ2) is 7.17. The van der Waals surface area contributed by atoms with Crippen LogP contribution in [0.2, 0.25) is 0 Å². The van der Waals surface area contributed by atoms with Crippen LogP contribution in [0.3, 0.4) is 0 Å². The van der Waals surface area contributed by atoms with Gasteiger partial charge >= 0.3 is 0 Å². The highest BCUT2D eigenvalue weighted by Crippen LogP contribution is 2.33. The van der Waals surface area contributed by atoms with E-state index in [4.69, 9.17) is 4.74 Å². The molecule has 0 saturated carbocycles. The molecule has 6 nitrogen and oxygen atoms in total. The molecule has 0 radical (unpaired) electrons. The van der Waals surface area contributed by atoms with E-state index in [9.17, 15) is 14.9 Å². The summed E-state index contributed by atoms with van der Waals surface area (Å²) in [5, 5.41) is 13.9. The first-order valence-electron chi connectivity index (χ1n) is 7.94. The minimum atomic E-state index is -0.438. The summed E-state index contributed by atoms with van der Waals surface area (Å²) in [6.45, 7) is 0. The molecule has 0 heterocycles. The number of hydrogen-bond acceptors (Lipinski definition) is 5. The molecule has 1 N–H and O–H groups in total. The van der Waals surface area contributed by atoms with Crippen LogP contribution in [0.4, 0.5) is 11.4 Å². The van der Waals surface area contributed by atoms with Gasteiger partial charge in [0.25, 0.3) is 5.69 Å². The number of carbonyl (C=O) groups is 1. The smallest absolute Gasteiger partial charge is 0.269 e. The summed E-state index contributed by atoms with van der Waals surface area (Å²) in [6.07, 6.45) is 2.79. The number of methoxy groups -OCH3 is 1.